The number of benzene rings is 1. The van der Waals surface area contributed by atoms with Crippen molar-refractivity contribution in [2.24, 2.45) is 0 Å². The van der Waals surface area contributed by atoms with Gasteiger partial charge in [0.05, 0.1) is 0 Å². The molecule has 1 N–H and O–H groups in total. The van der Waals surface area contributed by atoms with E-state index in [0.717, 1.165) is 24.2 Å². The predicted molar refractivity (Wildman–Crippen MR) is 78.4 cm³/mol. The summed E-state index contributed by atoms with van der Waals surface area (Å²) in [5.41, 5.74) is 1.10. The molecule has 1 aliphatic carbocycles. The van der Waals surface area contributed by atoms with Gasteiger partial charge >= 0.3 is 6.03 Å². The maximum atomic E-state index is 12.4. The second-order valence-corrected chi connectivity index (χ2v) is 4.93. The predicted octanol–water partition coefficient (Wildman–Crippen LogP) is 2.96. The minimum atomic E-state index is -0.0740. The molecule has 0 spiro atoms. The van der Waals surface area contributed by atoms with Crippen molar-refractivity contribution in [1.82, 2.24) is 10.3 Å². The molecule has 2 amide bonds. The fourth-order valence-electron chi connectivity index (χ4n) is 2.14. The van der Waals surface area contributed by atoms with Gasteiger partial charge in [0.1, 0.15) is 5.82 Å². The van der Waals surface area contributed by atoms with Gasteiger partial charge in [-0.1, -0.05) is 36.4 Å². The van der Waals surface area contributed by atoms with Crippen LogP contribution in [0, 0.1) is 0 Å². The number of amides is 2. The van der Waals surface area contributed by atoms with Crippen LogP contribution < -0.4 is 10.2 Å². The van der Waals surface area contributed by atoms with Crippen LogP contribution in [0.15, 0.2) is 54.7 Å². The van der Waals surface area contributed by atoms with E-state index in [9.17, 15) is 4.79 Å². The Morgan fingerprint density at radius 1 is 1.15 bits per heavy atom. The number of nitrogens with zero attached hydrogens (tertiary/aromatic N) is 2. The summed E-state index contributed by atoms with van der Waals surface area (Å²) in [5, 5.41) is 2.97. The molecule has 0 radical (unpaired) electrons. The highest BCUT2D eigenvalue weighted by Crippen LogP contribution is 2.30. The van der Waals surface area contributed by atoms with Gasteiger partial charge in [-0.3, -0.25) is 4.90 Å². The molecule has 102 valence electrons. The number of anilines is 1. The molecule has 4 heteroatoms. The van der Waals surface area contributed by atoms with Crippen LogP contribution in [0.2, 0.25) is 0 Å². The molecule has 20 heavy (non-hydrogen) atoms. The van der Waals surface area contributed by atoms with Crippen molar-refractivity contribution in [2.45, 2.75) is 25.4 Å². The first-order valence-corrected chi connectivity index (χ1v) is 6.86. The van der Waals surface area contributed by atoms with Crippen molar-refractivity contribution in [2.75, 3.05) is 4.90 Å². The molecule has 1 fully saturated rings. The van der Waals surface area contributed by atoms with Gasteiger partial charge in [-0.2, -0.15) is 0 Å². The van der Waals surface area contributed by atoms with Gasteiger partial charge in [0.15, 0.2) is 0 Å². The highest BCUT2D eigenvalue weighted by atomic mass is 16.2. The Bertz CT molecular complexity index is 567. The number of rotatable bonds is 4. The minimum absolute atomic E-state index is 0.0740. The first-order chi connectivity index (χ1) is 9.84. The van der Waals surface area contributed by atoms with E-state index in [1.54, 1.807) is 11.1 Å². The van der Waals surface area contributed by atoms with Crippen molar-refractivity contribution in [3.8, 4) is 0 Å². The molecular formula is C16H17N3O. The Kier molecular flexibility index (Phi) is 3.63. The van der Waals surface area contributed by atoms with E-state index in [1.165, 1.54) is 0 Å². The van der Waals surface area contributed by atoms with E-state index in [4.69, 9.17) is 0 Å². The topological polar surface area (TPSA) is 45.2 Å². The first kappa shape index (κ1) is 12.7. The van der Waals surface area contributed by atoms with Crippen molar-refractivity contribution in [3.05, 3.63) is 60.3 Å². The average Bonchev–Trinajstić information content (AvgIpc) is 3.32. The van der Waals surface area contributed by atoms with Gasteiger partial charge in [-0.15, -0.1) is 0 Å². The lowest BCUT2D eigenvalue weighted by atomic mass is 10.2. The molecule has 1 saturated carbocycles. The molecule has 0 atom stereocenters. The van der Waals surface area contributed by atoms with Gasteiger partial charge in [0, 0.05) is 18.8 Å². The second-order valence-electron chi connectivity index (χ2n) is 4.93. The highest BCUT2D eigenvalue weighted by molar-refractivity contribution is 5.92. The van der Waals surface area contributed by atoms with Crippen LogP contribution in [-0.2, 0) is 6.54 Å². The zero-order valence-corrected chi connectivity index (χ0v) is 11.2. The second kappa shape index (κ2) is 5.74. The van der Waals surface area contributed by atoms with Crippen molar-refractivity contribution in [3.63, 3.8) is 0 Å². The molecule has 1 heterocycles. The summed E-state index contributed by atoms with van der Waals surface area (Å²) in [7, 11) is 0. The van der Waals surface area contributed by atoms with E-state index in [-0.39, 0.29) is 6.03 Å². The summed E-state index contributed by atoms with van der Waals surface area (Å²) in [6.45, 7) is 0.537. The molecule has 1 aliphatic rings. The number of hydrogen-bond donors (Lipinski definition) is 1. The third kappa shape index (κ3) is 2.96. The molecule has 0 saturated heterocycles. The fraction of sp³-hybridized carbons (Fsp3) is 0.250. The first-order valence-electron chi connectivity index (χ1n) is 6.86. The van der Waals surface area contributed by atoms with Crippen LogP contribution in [0.4, 0.5) is 10.6 Å². The molecule has 1 aromatic heterocycles. The number of urea groups is 1. The number of pyridine rings is 1. The minimum Gasteiger partial charge on any atom is -0.334 e. The third-order valence-electron chi connectivity index (χ3n) is 3.31. The molecule has 3 rings (SSSR count). The third-order valence-corrected chi connectivity index (χ3v) is 3.31. The fourth-order valence-corrected chi connectivity index (χ4v) is 2.14. The van der Waals surface area contributed by atoms with Gasteiger partial charge < -0.3 is 5.32 Å². The molecule has 1 aromatic carbocycles. The summed E-state index contributed by atoms with van der Waals surface area (Å²) in [5.74, 6) is 0.723. The summed E-state index contributed by atoms with van der Waals surface area (Å²) in [6.07, 6.45) is 3.82. The van der Waals surface area contributed by atoms with Crippen molar-refractivity contribution >= 4 is 11.8 Å². The number of aromatic nitrogens is 1. The lowest BCUT2D eigenvalue weighted by Crippen LogP contribution is -2.41. The number of nitrogens with one attached hydrogen (secondary N) is 1. The van der Waals surface area contributed by atoms with Crippen LogP contribution >= 0.6 is 0 Å². The van der Waals surface area contributed by atoms with Gasteiger partial charge in [0.2, 0.25) is 0 Å². The van der Waals surface area contributed by atoms with Crippen molar-refractivity contribution < 1.29 is 4.79 Å². The maximum absolute atomic E-state index is 12.4. The molecule has 0 bridgehead atoms. The lowest BCUT2D eigenvalue weighted by Gasteiger charge is -2.21. The van der Waals surface area contributed by atoms with E-state index < -0.39 is 0 Å². The lowest BCUT2D eigenvalue weighted by molar-refractivity contribution is 0.245. The van der Waals surface area contributed by atoms with E-state index in [0.29, 0.717) is 12.6 Å². The highest BCUT2D eigenvalue weighted by Gasteiger charge is 2.34. The van der Waals surface area contributed by atoms with E-state index in [1.807, 2.05) is 48.5 Å². The number of carbonyl (C=O) groups excluding carboxylic acids is 1. The zero-order valence-electron chi connectivity index (χ0n) is 11.2. The Morgan fingerprint density at radius 2 is 1.90 bits per heavy atom. The Balaban J connectivity index is 1.68. The summed E-state index contributed by atoms with van der Waals surface area (Å²) in [6, 6.07) is 15.8. The summed E-state index contributed by atoms with van der Waals surface area (Å²) < 4.78 is 0. The van der Waals surface area contributed by atoms with Crippen LogP contribution in [0.1, 0.15) is 18.4 Å². The van der Waals surface area contributed by atoms with Crippen LogP contribution in [-0.4, -0.2) is 17.1 Å². The van der Waals surface area contributed by atoms with Gasteiger partial charge in [0.25, 0.3) is 0 Å². The number of carbonyl (C=O) groups is 1. The molecular weight excluding hydrogens is 250 g/mol. The Labute approximate surface area is 118 Å². The molecule has 0 unspecified atom stereocenters. The largest absolute Gasteiger partial charge is 0.334 e. The summed E-state index contributed by atoms with van der Waals surface area (Å²) in [4.78, 5) is 18.4. The van der Waals surface area contributed by atoms with Crippen LogP contribution in [0.25, 0.3) is 0 Å². The van der Waals surface area contributed by atoms with Crippen molar-refractivity contribution in [1.29, 1.82) is 0 Å². The Morgan fingerprint density at radius 3 is 2.55 bits per heavy atom. The van der Waals surface area contributed by atoms with Gasteiger partial charge in [-0.25, -0.2) is 9.78 Å². The number of hydrogen-bond acceptors (Lipinski definition) is 2. The van der Waals surface area contributed by atoms with E-state index in [2.05, 4.69) is 10.3 Å². The average molecular weight is 267 g/mol. The normalized spacial score (nSPS) is 13.8. The SMILES string of the molecule is O=C(NCc1ccccc1)N(c1ccccn1)C1CC1. The van der Waals surface area contributed by atoms with E-state index >= 15 is 0 Å². The smallest absolute Gasteiger partial charge is 0.323 e. The quantitative estimate of drug-likeness (QED) is 0.925. The molecule has 4 nitrogen and oxygen atoms in total. The molecule has 2 aromatic rings. The maximum Gasteiger partial charge on any atom is 0.323 e. The zero-order chi connectivity index (χ0) is 13.8. The molecule has 0 aliphatic heterocycles. The Hall–Kier alpha value is -2.36. The van der Waals surface area contributed by atoms with Gasteiger partial charge in [-0.05, 0) is 30.5 Å². The van der Waals surface area contributed by atoms with Crippen LogP contribution in [0.3, 0.4) is 0 Å². The summed E-state index contributed by atoms with van der Waals surface area (Å²) >= 11 is 0. The van der Waals surface area contributed by atoms with Crippen LogP contribution in [0.5, 0.6) is 0 Å². The monoisotopic (exact) mass is 267 g/mol. The standard InChI is InChI=1S/C16H17N3O/c20-16(18-12-13-6-2-1-3-7-13)19(14-9-10-14)15-8-4-5-11-17-15/h1-8,11,14H,9-10,12H2,(H,18,20).